The average Bonchev–Trinajstić information content (AvgIpc) is 2.49. The predicted molar refractivity (Wildman–Crippen MR) is 70.7 cm³/mol. The number of halogens is 1. The first-order valence-electron chi connectivity index (χ1n) is 5.82. The average molecular weight is 251 g/mol. The Bertz CT molecular complexity index is 684. The third-order valence-electron chi connectivity index (χ3n) is 2.78. The number of hydrogen-bond donors (Lipinski definition) is 0. The molecule has 0 unspecified atom stereocenters. The van der Waals surface area contributed by atoms with Crippen LogP contribution in [0.1, 0.15) is 0 Å². The molecule has 0 saturated heterocycles. The smallest absolute Gasteiger partial charge is 0.149 e. The zero-order chi connectivity index (χ0) is 13.1. The van der Waals surface area contributed by atoms with Crippen molar-refractivity contribution < 1.29 is 4.39 Å². The lowest BCUT2D eigenvalue weighted by atomic mass is 10.1. The van der Waals surface area contributed by atoms with E-state index in [1.807, 2.05) is 12.1 Å². The molecule has 3 aromatic heterocycles. The van der Waals surface area contributed by atoms with Crippen molar-refractivity contribution in [3.8, 4) is 22.5 Å². The molecule has 3 nitrogen and oxygen atoms in total. The molecule has 19 heavy (non-hydrogen) atoms. The lowest BCUT2D eigenvalue weighted by Crippen LogP contribution is -1.92. The van der Waals surface area contributed by atoms with Crippen molar-refractivity contribution in [1.82, 2.24) is 15.0 Å². The largest absolute Gasteiger partial charge is 0.265 e. The second-order valence-electron chi connectivity index (χ2n) is 4.00. The maximum Gasteiger partial charge on any atom is 0.149 e. The van der Waals surface area contributed by atoms with E-state index in [9.17, 15) is 4.39 Å². The summed E-state index contributed by atoms with van der Waals surface area (Å²) in [6.07, 6.45) is 6.62. The Balaban J connectivity index is 2.12. The normalized spacial score (nSPS) is 10.4. The van der Waals surface area contributed by atoms with Crippen LogP contribution >= 0.6 is 0 Å². The van der Waals surface area contributed by atoms with Crippen LogP contribution in [-0.4, -0.2) is 15.0 Å². The van der Waals surface area contributed by atoms with Crippen LogP contribution in [0.5, 0.6) is 0 Å². The third kappa shape index (κ3) is 2.33. The van der Waals surface area contributed by atoms with Crippen molar-refractivity contribution in [2.45, 2.75) is 0 Å². The van der Waals surface area contributed by atoms with Crippen molar-refractivity contribution >= 4 is 0 Å². The Kier molecular flexibility index (Phi) is 2.98. The summed E-state index contributed by atoms with van der Waals surface area (Å²) in [5.74, 6) is -0.344. The highest BCUT2D eigenvalue weighted by atomic mass is 19.1. The molecule has 0 fully saturated rings. The van der Waals surface area contributed by atoms with E-state index in [4.69, 9.17) is 0 Å². The molecule has 3 rings (SSSR count). The van der Waals surface area contributed by atoms with Gasteiger partial charge in [-0.1, -0.05) is 0 Å². The molecule has 3 heterocycles. The van der Waals surface area contributed by atoms with Crippen LogP contribution in [0.2, 0.25) is 0 Å². The van der Waals surface area contributed by atoms with Crippen LogP contribution in [0, 0.1) is 5.82 Å². The minimum absolute atomic E-state index is 0.330. The molecule has 0 aliphatic heterocycles. The van der Waals surface area contributed by atoms with Gasteiger partial charge in [-0.15, -0.1) is 0 Å². The Labute approximate surface area is 109 Å². The van der Waals surface area contributed by atoms with Crippen molar-refractivity contribution in [3.05, 3.63) is 67.0 Å². The number of aromatic nitrogens is 3. The van der Waals surface area contributed by atoms with Gasteiger partial charge >= 0.3 is 0 Å². The fourth-order valence-corrected chi connectivity index (χ4v) is 1.84. The highest BCUT2D eigenvalue weighted by Gasteiger charge is 2.09. The molecule has 0 bridgehead atoms. The SMILES string of the molecule is Fc1ccc(-c2ccncc2)nc1-c1ccncc1. The molecule has 0 atom stereocenters. The molecular formula is C15H10FN3. The van der Waals surface area contributed by atoms with Gasteiger partial charge in [-0.2, -0.15) is 0 Å². The van der Waals surface area contributed by atoms with Gasteiger partial charge in [0.2, 0.25) is 0 Å². The molecule has 0 aliphatic rings. The predicted octanol–water partition coefficient (Wildman–Crippen LogP) is 3.34. The molecule has 0 N–H and O–H groups in total. The third-order valence-corrected chi connectivity index (χ3v) is 2.78. The Morgan fingerprint density at radius 2 is 1.26 bits per heavy atom. The maximum atomic E-state index is 13.9. The highest BCUT2D eigenvalue weighted by molar-refractivity contribution is 5.65. The minimum Gasteiger partial charge on any atom is -0.265 e. The first-order chi connectivity index (χ1) is 9.34. The van der Waals surface area contributed by atoms with E-state index >= 15 is 0 Å². The first-order valence-corrected chi connectivity index (χ1v) is 5.82. The van der Waals surface area contributed by atoms with E-state index in [1.54, 1.807) is 43.0 Å². The standard InChI is InChI=1S/C15H10FN3/c16-13-1-2-14(11-3-7-17-8-4-11)19-15(13)12-5-9-18-10-6-12/h1-10H. The topological polar surface area (TPSA) is 38.7 Å². The second kappa shape index (κ2) is 4.94. The Hall–Kier alpha value is -2.62. The van der Waals surface area contributed by atoms with Gasteiger partial charge in [0.05, 0.1) is 5.69 Å². The van der Waals surface area contributed by atoms with Crippen LogP contribution in [0.25, 0.3) is 22.5 Å². The summed E-state index contributed by atoms with van der Waals surface area (Å²) in [5, 5.41) is 0. The fourth-order valence-electron chi connectivity index (χ4n) is 1.84. The van der Waals surface area contributed by atoms with E-state index in [-0.39, 0.29) is 5.82 Å². The van der Waals surface area contributed by atoms with Crippen LogP contribution in [0.3, 0.4) is 0 Å². The lowest BCUT2D eigenvalue weighted by molar-refractivity contribution is 0.626. The fraction of sp³-hybridized carbons (Fsp3) is 0. The van der Waals surface area contributed by atoms with Crippen LogP contribution in [0.15, 0.2) is 61.2 Å². The zero-order valence-corrected chi connectivity index (χ0v) is 9.99. The van der Waals surface area contributed by atoms with E-state index in [2.05, 4.69) is 15.0 Å². The summed E-state index contributed by atoms with van der Waals surface area (Å²) in [6.45, 7) is 0. The van der Waals surface area contributed by atoms with Crippen molar-refractivity contribution in [2.24, 2.45) is 0 Å². The summed E-state index contributed by atoms with van der Waals surface area (Å²) in [6, 6.07) is 10.3. The molecule has 0 spiro atoms. The molecule has 0 amide bonds. The van der Waals surface area contributed by atoms with Crippen LogP contribution in [-0.2, 0) is 0 Å². The molecule has 0 radical (unpaired) electrons. The van der Waals surface area contributed by atoms with Gasteiger partial charge in [0.1, 0.15) is 11.5 Å². The van der Waals surface area contributed by atoms with Gasteiger partial charge in [-0.05, 0) is 36.4 Å². The first kappa shape index (κ1) is 11.5. The Morgan fingerprint density at radius 3 is 1.89 bits per heavy atom. The highest BCUT2D eigenvalue weighted by Crippen LogP contribution is 2.24. The summed E-state index contributed by atoms with van der Waals surface area (Å²) in [7, 11) is 0. The molecule has 92 valence electrons. The number of pyridine rings is 3. The molecule has 0 saturated carbocycles. The molecule has 3 aromatic rings. The van der Waals surface area contributed by atoms with E-state index in [0.717, 1.165) is 11.3 Å². The van der Waals surface area contributed by atoms with Gasteiger partial charge in [0.15, 0.2) is 0 Å². The van der Waals surface area contributed by atoms with E-state index < -0.39 is 0 Å². The summed E-state index contributed by atoms with van der Waals surface area (Å²) in [5.41, 5.74) is 2.67. The van der Waals surface area contributed by atoms with Crippen LogP contribution < -0.4 is 0 Å². The zero-order valence-electron chi connectivity index (χ0n) is 9.99. The van der Waals surface area contributed by atoms with Gasteiger partial charge in [-0.3, -0.25) is 9.97 Å². The quantitative estimate of drug-likeness (QED) is 0.701. The monoisotopic (exact) mass is 251 g/mol. The molecule has 0 aromatic carbocycles. The van der Waals surface area contributed by atoms with Crippen LogP contribution in [0.4, 0.5) is 4.39 Å². The van der Waals surface area contributed by atoms with Crippen molar-refractivity contribution in [3.63, 3.8) is 0 Å². The van der Waals surface area contributed by atoms with Gasteiger partial charge < -0.3 is 0 Å². The second-order valence-corrected chi connectivity index (χ2v) is 4.00. The molecule has 0 aliphatic carbocycles. The minimum atomic E-state index is -0.344. The van der Waals surface area contributed by atoms with Gasteiger partial charge in [0.25, 0.3) is 0 Å². The Morgan fingerprint density at radius 1 is 0.684 bits per heavy atom. The van der Waals surface area contributed by atoms with Gasteiger partial charge in [-0.25, -0.2) is 9.37 Å². The number of hydrogen-bond acceptors (Lipinski definition) is 3. The number of nitrogens with zero attached hydrogens (tertiary/aromatic N) is 3. The summed E-state index contributed by atoms with van der Waals surface area (Å²) >= 11 is 0. The van der Waals surface area contributed by atoms with Crippen molar-refractivity contribution in [1.29, 1.82) is 0 Å². The van der Waals surface area contributed by atoms with E-state index in [0.29, 0.717) is 11.3 Å². The molecular weight excluding hydrogens is 241 g/mol. The maximum absolute atomic E-state index is 13.9. The van der Waals surface area contributed by atoms with Crippen molar-refractivity contribution in [2.75, 3.05) is 0 Å². The van der Waals surface area contributed by atoms with Gasteiger partial charge in [0, 0.05) is 35.9 Å². The van der Waals surface area contributed by atoms with E-state index in [1.165, 1.54) is 6.07 Å². The summed E-state index contributed by atoms with van der Waals surface area (Å²) < 4.78 is 13.9. The molecule has 4 heteroatoms. The number of rotatable bonds is 2. The lowest BCUT2D eigenvalue weighted by Gasteiger charge is -2.06. The summed E-state index contributed by atoms with van der Waals surface area (Å²) in [4.78, 5) is 12.3.